The Kier molecular flexibility index (Phi) is 7.29. The summed E-state index contributed by atoms with van der Waals surface area (Å²) in [5.74, 6) is 1.64. The summed E-state index contributed by atoms with van der Waals surface area (Å²) >= 11 is 0. The average molecular weight is 340 g/mol. The molecular weight excluding hydrogens is 312 g/mol. The van der Waals surface area contributed by atoms with Crippen molar-refractivity contribution in [3.63, 3.8) is 0 Å². The molecule has 0 fully saturated rings. The van der Waals surface area contributed by atoms with Crippen molar-refractivity contribution in [1.82, 2.24) is 15.5 Å². The van der Waals surface area contributed by atoms with Crippen molar-refractivity contribution in [1.29, 1.82) is 0 Å². The molecule has 2 aromatic rings. The van der Waals surface area contributed by atoms with E-state index in [2.05, 4.69) is 58.9 Å². The van der Waals surface area contributed by atoms with Crippen molar-refractivity contribution < 1.29 is 4.74 Å². The zero-order chi connectivity index (χ0) is 18.1. The van der Waals surface area contributed by atoms with Crippen molar-refractivity contribution in [3.8, 4) is 5.75 Å². The first-order chi connectivity index (χ1) is 12.1. The number of rotatable bonds is 7. The van der Waals surface area contributed by atoms with E-state index in [1.165, 1.54) is 11.1 Å². The second-order valence-corrected chi connectivity index (χ2v) is 6.15. The molecule has 0 saturated heterocycles. The van der Waals surface area contributed by atoms with Gasteiger partial charge in [0.25, 0.3) is 0 Å². The Labute approximate surface area is 150 Å². The lowest BCUT2D eigenvalue weighted by atomic mass is 10.1. The SMILES string of the molecule is CN=C(NCc1ccc(CN(C)C)cc1)NCc1ccccc1OC. The molecule has 0 aromatic heterocycles. The topological polar surface area (TPSA) is 48.9 Å². The second kappa shape index (κ2) is 9.69. The number of aliphatic imine (C=N–C) groups is 1. The van der Waals surface area contributed by atoms with E-state index in [1.54, 1.807) is 14.2 Å². The molecule has 0 radical (unpaired) electrons. The van der Waals surface area contributed by atoms with Crippen molar-refractivity contribution in [2.24, 2.45) is 4.99 Å². The first-order valence-corrected chi connectivity index (χ1v) is 8.41. The van der Waals surface area contributed by atoms with Gasteiger partial charge >= 0.3 is 0 Å². The highest BCUT2D eigenvalue weighted by Gasteiger charge is 2.04. The van der Waals surface area contributed by atoms with E-state index in [0.29, 0.717) is 6.54 Å². The lowest BCUT2D eigenvalue weighted by molar-refractivity contribution is 0.402. The number of hydrogen-bond donors (Lipinski definition) is 2. The predicted molar refractivity (Wildman–Crippen MR) is 104 cm³/mol. The van der Waals surface area contributed by atoms with Crippen LogP contribution >= 0.6 is 0 Å². The van der Waals surface area contributed by atoms with Gasteiger partial charge in [0.1, 0.15) is 5.75 Å². The Balaban J connectivity index is 1.86. The van der Waals surface area contributed by atoms with Crippen LogP contribution in [0.1, 0.15) is 16.7 Å². The summed E-state index contributed by atoms with van der Waals surface area (Å²) in [5.41, 5.74) is 3.64. The first kappa shape index (κ1) is 18.8. The van der Waals surface area contributed by atoms with E-state index in [-0.39, 0.29) is 0 Å². The van der Waals surface area contributed by atoms with Gasteiger partial charge < -0.3 is 20.3 Å². The fraction of sp³-hybridized carbons (Fsp3) is 0.350. The van der Waals surface area contributed by atoms with Crippen LogP contribution in [0.5, 0.6) is 5.75 Å². The molecule has 0 saturated carbocycles. The molecular formula is C20H28N4O. The molecule has 0 atom stereocenters. The van der Waals surface area contributed by atoms with Crippen molar-refractivity contribution in [2.75, 3.05) is 28.3 Å². The molecule has 2 rings (SSSR count). The third-order valence-electron chi connectivity index (χ3n) is 3.84. The smallest absolute Gasteiger partial charge is 0.191 e. The lowest BCUT2D eigenvalue weighted by Crippen LogP contribution is -2.36. The minimum Gasteiger partial charge on any atom is -0.496 e. The van der Waals surface area contributed by atoms with Crippen molar-refractivity contribution in [2.45, 2.75) is 19.6 Å². The van der Waals surface area contributed by atoms with Crippen LogP contribution in [0.2, 0.25) is 0 Å². The molecule has 2 N–H and O–H groups in total. The number of nitrogens with one attached hydrogen (secondary N) is 2. The Morgan fingerprint density at radius 2 is 1.60 bits per heavy atom. The van der Waals surface area contributed by atoms with Crippen LogP contribution in [0.4, 0.5) is 0 Å². The normalized spacial score (nSPS) is 11.5. The maximum absolute atomic E-state index is 5.38. The van der Waals surface area contributed by atoms with Crippen molar-refractivity contribution >= 4 is 5.96 Å². The Morgan fingerprint density at radius 3 is 2.24 bits per heavy atom. The minimum absolute atomic E-state index is 0.658. The zero-order valence-corrected chi connectivity index (χ0v) is 15.5. The van der Waals surface area contributed by atoms with Gasteiger partial charge in [-0.15, -0.1) is 0 Å². The molecule has 5 heteroatoms. The molecule has 0 aliphatic carbocycles. The second-order valence-electron chi connectivity index (χ2n) is 6.15. The number of methoxy groups -OCH3 is 1. The highest BCUT2D eigenvalue weighted by molar-refractivity contribution is 5.79. The summed E-state index contributed by atoms with van der Waals surface area (Å²) in [4.78, 5) is 6.44. The largest absolute Gasteiger partial charge is 0.496 e. The van der Waals surface area contributed by atoms with Crippen LogP contribution in [-0.4, -0.2) is 39.1 Å². The van der Waals surface area contributed by atoms with Crippen LogP contribution in [0, 0.1) is 0 Å². The van der Waals surface area contributed by atoms with E-state index >= 15 is 0 Å². The van der Waals surface area contributed by atoms with Gasteiger partial charge in [-0.1, -0.05) is 42.5 Å². The van der Waals surface area contributed by atoms with Crippen LogP contribution in [0.3, 0.4) is 0 Å². The molecule has 2 aromatic carbocycles. The summed E-state index contributed by atoms with van der Waals surface area (Å²) in [6.07, 6.45) is 0. The third-order valence-corrected chi connectivity index (χ3v) is 3.84. The predicted octanol–water partition coefficient (Wildman–Crippen LogP) is 2.62. The van der Waals surface area contributed by atoms with Gasteiger partial charge in [0.15, 0.2) is 5.96 Å². The van der Waals surface area contributed by atoms with E-state index in [4.69, 9.17) is 4.74 Å². The Bertz CT molecular complexity index is 680. The molecule has 0 spiro atoms. The molecule has 0 bridgehead atoms. The van der Waals surface area contributed by atoms with Crippen LogP contribution in [-0.2, 0) is 19.6 Å². The first-order valence-electron chi connectivity index (χ1n) is 8.41. The summed E-state index contributed by atoms with van der Waals surface area (Å²) in [6, 6.07) is 16.6. The quantitative estimate of drug-likeness (QED) is 0.601. The number of nitrogens with zero attached hydrogens (tertiary/aromatic N) is 2. The van der Waals surface area contributed by atoms with Gasteiger partial charge in [-0.3, -0.25) is 4.99 Å². The highest BCUT2D eigenvalue weighted by Crippen LogP contribution is 2.16. The number of guanidine groups is 1. The monoisotopic (exact) mass is 340 g/mol. The molecule has 0 heterocycles. The molecule has 134 valence electrons. The van der Waals surface area contributed by atoms with Gasteiger partial charge in [-0.25, -0.2) is 0 Å². The highest BCUT2D eigenvalue weighted by atomic mass is 16.5. The van der Waals surface area contributed by atoms with Crippen LogP contribution in [0.15, 0.2) is 53.5 Å². The number of ether oxygens (including phenoxy) is 1. The summed E-state index contributed by atoms with van der Waals surface area (Å²) in [7, 11) is 7.61. The molecule has 5 nitrogen and oxygen atoms in total. The molecule has 0 amide bonds. The average Bonchev–Trinajstić information content (AvgIpc) is 2.63. The number of hydrogen-bond acceptors (Lipinski definition) is 3. The van der Waals surface area contributed by atoms with Crippen LogP contribution in [0.25, 0.3) is 0 Å². The summed E-state index contributed by atoms with van der Waals surface area (Å²) in [6.45, 7) is 2.34. The zero-order valence-electron chi connectivity index (χ0n) is 15.5. The van der Waals surface area contributed by atoms with Gasteiger partial charge in [0.05, 0.1) is 7.11 Å². The minimum atomic E-state index is 0.658. The van der Waals surface area contributed by atoms with Gasteiger partial charge in [-0.05, 0) is 31.3 Å². The summed E-state index contributed by atoms with van der Waals surface area (Å²) in [5, 5.41) is 6.66. The lowest BCUT2D eigenvalue weighted by Gasteiger charge is -2.14. The van der Waals surface area contributed by atoms with E-state index in [1.807, 2.05) is 24.3 Å². The van der Waals surface area contributed by atoms with E-state index in [0.717, 1.165) is 30.4 Å². The fourth-order valence-electron chi connectivity index (χ4n) is 2.56. The van der Waals surface area contributed by atoms with Crippen molar-refractivity contribution in [3.05, 3.63) is 65.2 Å². The molecule has 0 unspecified atom stereocenters. The van der Waals surface area contributed by atoms with Gasteiger partial charge in [-0.2, -0.15) is 0 Å². The maximum atomic E-state index is 5.38. The Hall–Kier alpha value is -2.53. The standard InChI is InChI=1S/C20H28N4O/c1-21-20(23-14-18-7-5-6-8-19(18)25-4)22-13-16-9-11-17(12-10-16)15-24(2)3/h5-12H,13-15H2,1-4H3,(H2,21,22,23). The van der Waals surface area contributed by atoms with Gasteiger partial charge in [0.2, 0.25) is 0 Å². The summed E-state index contributed by atoms with van der Waals surface area (Å²) < 4.78 is 5.38. The van der Waals surface area contributed by atoms with Crippen LogP contribution < -0.4 is 15.4 Å². The fourth-order valence-corrected chi connectivity index (χ4v) is 2.56. The Morgan fingerprint density at radius 1 is 0.960 bits per heavy atom. The van der Waals surface area contributed by atoms with E-state index in [9.17, 15) is 0 Å². The third kappa shape index (κ3) is 6.12. The molecule has 0 aliphatic heterocycles. The molecule has 0 aliphatic rings. The van der Waals surface area contributed by atoms with E-state index < -0.39 is 0 Å². The molecule has 25 heavy (non-hydrogen) atoms. The maximum Gasteiger partial charge on any atom is 0.191 e. The number of benzene rings is 2. The van der Waals surface area contributed by atoms with Gasteiger partial charge in [0, 0.05) is 32.2 Å². The number of para-hydroxylation sites is 1.